The predicted molar refractivity (Wildman–Crippen MR) is 43.5 cm³/mol. The Morgan fingerprint density at radius 1 is 1.40 bits per heavy atom. The number of anilines is 1. The van der Waals surface area contributed by atoms with Gasteiger partial charge in [0.1, 0.15) is 5.82 Å². The Morgan fingerprint density at radius 2 is 2.10 bits per heavy atom. The molecular weight excluding hydrogens is 155 g/mol. The van der Waals surface area contributed by atoms with Crippen LogP contribution in [0.5, 0.6) is 0 Å². The van der Waals surface area contributed by atoms with E-state index < -0.39 is 0 Å². The molecule has 0 saturated carbocycles. The predicted octanol–water partition coefficient (Wildman–Crippen LogP) is 1.70. The second-order valence-corrected chi connectivity index (χ2v) is 1.46. The monoisotopic (exact) mass is 164 g/mol. The van der Waals surface area contributed by atoms with E-state index in [0.717, 1.165) is 5.82 Å². The van der Waals surface area contributed by atoms with E-state index in [2.05, 4.69) is 10.3 Å². The second-order valence-electron chi connectivity index (χ2n) is 1.46. The van der Waals surface area contributed by atoms with Crippen LogP contribution < -0.4 is 5.32 Å². The van der Waals surface area contributed by atoms with E-state index in [4.69, 9.17) is 0 Å². The number of hydrogen-bond acceptors (Lipinski definition) is 2. The maximum absolute atomic E-state index is 3.99. The molecular formula is C6H10ClFN2. The fourth-order valence-corrected chi connectivity index (χ4v) is 0.511. The quantitative estimate of drug-likeness (QED) is 0.684. The fourth-order valence-electron chi connectivity index (χ4n) is 0.511. The third kappa shape index (κ3) is 3.25. The van der Waals surface area contributed by atoms with Crippen molar-refractivity contribution in [1.29, 1.82) is 0 Å². The van der Waals surface area contributed by atoms with Gasteiger partial charge in [-0.15, -0.1) is 12.4 Å². The summed E-state index contributed by atoms with van der Waals surface area (Å²) in [5.41, 5.74) is 0. The minimum absolute atomic E-state index is 0. The highest BCUT2D eigenvalue weighted by Gasteiger charge is 1.79. The largest absolute Gasteiger partial charge is 0.373 e. The van der Waals surface area contributed by atoms with Gasteiger partial charge in [-0.25, -0.2) is 4.98 Å². The number of pyridine rings is 1. The Bertz CT molecular complexity index is 157. The molecule has 0 bridgehead atoms. The molecule has 1 N–H and O–H groups in total. The van der Waals surface area contributed by atoms with Crippen molar-refractivity contribution in [2.24, 2.45) is 0 Å². The number of nitrogens with zero attached hydrogens (tertiary/aromatic N) is 1. The van der Waals surface area contributed by atoms with Gasteiger partial charge in [0.2, 0.25) is 0 Å². The van der Waals surface area contributed by atoms with Crippen LogP contribution in [0.25, 0.3) is 0 Å². The molecule has 0 atom stereocenters. The van der Waals surface area contributed by atoms with Gasteiger partial charge < -0.3 is 5.32 Å². The lowest BCUT2D eigenvalue weighted by molar-refractivity contribution is 1.11. The SMILES string of the molecule is CNc1ccccn1.Cl.F. The van der Waals surface area contributed by atoms with E-state index in [-0.39, 0.29) is 17.1 Å². The third-order valence-electron chi connectivity index (χ3n) is 0.921. The molecule has 0 aliphatic heterocycles. The molecule has 1 heterocycles. The zero-order valence-electron chi connectivity index (χ0n) is 5.57. The topological polar surface area (TPSA) is 24.9 Å². The highest BCUT2D eigenvalue weighted by molar-refractivity contribution is 5.85. The summed E-state index contributed by atoms with van der Waals surface area (Å²) < 4.78 is 0. The van der Waals surface area contributed by atoms with Crippen LogP contribution in [0.4, 0.5) is 10.5 Å². The van der Waals surface area contributed by atoms with E-state index in [1.807, 2.05) is 25.2 Å². The molecule has 0 saturated heterocycles. The highest BCUT2D eigenvalue weighted by atomic mass is 35.5. The highest BCUT2D eigenvalue weighted by Crippen LogP contribution is 1.95. The summed E-state index contributed by atoms with van der Waals surface area (Å²) in [6.07, 6.45) is 1.76. The van der Waals surface area contributed by atoms with Crippen molar-refractivity contribution in [3.8, 4) is 0 Å². The van der Waals surface area contributed by atoms with Crippen LogP contribution >= 0.6 is 12.4 Å². The van der Waals surface area contributed by atoms with Gasteiger partial charge >= 0.3 is 0 Å². The molecule has 10 heavy (non-hydrogen) atoms. The molecule has 1 rings (SSSR count). The second kappa shape index (κ2) is 6.29. The van der Waals surface area contributed by atoms with Crippen LogP contribution in [0, 0.1) is 0 Å². The van der Waals surface area contributed by atoms with Crippen LogP contribution in [-0.4, -0.2) is 12.0 Å². The van der Waals surface area contributed by atoms with Crippen molar-refractivity contribution < 1.29 is 4.70 Å². The molecule has 2 nitrogen and oxygen atoms in total. The van der Waals surface area contributed by atoms with Crippen LogP contribution in [0.15, 0.2) is 24.4 Å². The van der Waals surface area contributed by atoms with E-state index in [9.17, 15) is 0 Å². The minimum atomic E-state index is 0. The van der Waals surface area contributed by atoms with E-state index in [1.54, 1.807) is 6.20 Å². The first-order chi connectivity index (χ1) is 3.93. The molecule has 0 fully saturated rings. The summed E-state index contributed by atoms with van der Waals surface area (Å²) in [7, 11) is 1.85. The maximum Gasteiger partial charge on any atom is 0.125 e. The average Bonchev–Trinajstić information content (AvgIpc) is 1.90. The van der Waals surface area contributed by atoms with Gasteiger partial charge in [0.05, 0.1) is 0 Å². The summed E-state index contributed by atoms with van der Waals surface area (Å²) in [6.45, 7) is 0. The first-order valence-electron chi connectivity index (χ1n) is 2.52. The summed E-state index contributed by atoms with van der Waals surface area (Å²) in [4.78, 5) is 3.99. The molecule has 58 valence electrons. The van der Waals surface area contributed by atoms with Crippen LogP contribution in [0.3, 0.4) is 0 Å². The van der Waals surface area contributed by atoms with Crippen molar-refractivity contribution >= 4 is 18.2 Å². The molecule has 0 aromatic carbocycles. The van der Waals surface area contributed by atoms with Crippen molar-refractivity contribution in [3.63, 3.8) is 0 Å². The fraction of sp³-hybridized carbons (Fsp3) is 0.167. The van der Waals surface area contributed by atoms with Gasteiger partial charge in [-0.05, 0) is 12.1 Å². The van der Waals surface area contributed by atoms with Gasteiger partial charge in [-0.1, -0.05) is 6.07 Å². The van der Waals surface area contributed by atoms with Crippen LogP contribution in [0.1, 0.15) is 0 Å². The Labute approximate surface area is 65.4 Å². The van der Waals surface area contributed by atoms with Gasteiger partial charge in [0.25, 0.3) is 0 Å². The van der Waals surface area contributed by atoms with Gasteiger partial charge in [0.15, 0.2) is 0 Å². The lowest BCUT2D eigenvalue weighted by Crippen LogP contribution is -1.88. The number of hydrogen-bond donors (Lipinski definition) is 1. The lowest BCUT2D eigenvalue weighted by Gasteiger charge is -1.92. The average molecular weight is 165 g/mol. The molecule has 0 spiro atoms. The molecule has 1 aromatic heterocycles. The van der Waals surface area contributed by atoms with Crippen molar-refractivity contribution in [1.82, 2.24) is 4.98 Å². The number of rotatable bonds is 1. The molecule has 4 heteroatoms. The summed E-state index contributed by atoms with van der Waals surface area (Å²) >= 11 is 0. The van der Waals surface area contributed by atoms with E-state index in [0.29, 0.717) is 0 Å². The van der Waals surface area contributed by atoms with Crippen molar-refractivity contribution in [2.45, 2.75) is 0 Å². The molecule has 0 radical (unpaired) electrons. The zero-order chi connectivity index (χ0) is 5.82. The van der Waals surface area contributed by atoms with Gasteiger partial charge in [-0.3, -0.25) is 4.70 Å². The van der Waals surface area contributed by atoms with Crippen LogP contribution in [0.2, 0.25) is 0 Å². The van der Waals surface area contributed by atoms with Crippen molar-refractivity contribution in [3.05, 3.63) is 24.4 Å². The first-order valence-corrected chi connectivity index (χ1v) is 2.52. The van der Waals surface area contributed by atoms with E-state index in [1.165, 1.54) is 0 Å². The zero-order valence-corrected chi connectivity index (χ0v) is 6.39. The Kier molecular flexibility index (Phi) is 7.49. The smallest absolute Gasteiger partial charge is 0.125 e. The minimum Gasteiger partial charge on any atom is -0.373 e. The molecule has 0 unspecified atom stereocenters. The Morgan fingerprint density at radius 3 is 2.40 bits per heavy atom. The van der Waals surface area contributed by atoms with Gasteiger partial charge in [0, 0.05) is 13.2 Å². The summed E-state index contributed by atoms with van der Waals surface area (Å²) in [5.74, 6) is 0.910. The Hall–Kier alpha value is -0.830. The lowest BCUT2D eigenvalue weighted by atomic mass is 10.5. The summed E-state index contributed by atoms with van der Waals surface area (Å²) in [5, 5.41) is 2.92. The summed E-state index contributed by atoms with van der Waals surface area (Å²) in [6, 6.07) is 5.75. The molecule has 0 amide bonds. The maximum atomic E-state index is 3.99. The molecule has 1 aromatic rings. The number of nitrogens with one attached hydrogen (secondary N) is 1. The Balaban J connectivity index is 0. The normalized spacial score (nSPS) is 6.90. The standard InChI is InChI=1S/C6H8N2.ClH.FH/c1-7-6-4-2-3-5-8-6;;/h2-5H,1H3,(H,7,8);2*1H. The number of aromatic nitrogens is 1. The molecule has 0 aliphatic rings. The van der Waals surface area contributed by atoms with Crippen molar-refractivity contribution in [2.75, 3.05) is 12.4 Å². The van der Waals surface area contributed by atoms with E-state index >= 15 is 0 Å². The van der Waals surface area contributed by atoms with Gasteiger partial charge in [-0.2, -0.15) is 0 Å². The number of halogens is 2. The van der Waals surface area contributed by atoms with Crippen LogP contribution in [-0.2, 0) is 0 Å². The molecule has 0 aliphatic carbocycles. The third-order valence-corrected chi connectivity index (χ3v) is 0.921. The first kappa shape index (κ1) is 11.9.